The van der Waals surface area contributed by atoms with E-state index in [1.807, 2.05) is 21.0 Å². The van der Waals surface area contributed by atoms with Crippen LogP contribution < -0.4 is 10.6 Å². The maximum Gasteiger partial charge on any atom is 0.175 e. The van der Waals surface area contributed by atoms with Crippen LogP contribution >= 0.6 is 0 Å². The zero-order valence-corrected chi connectivity index (χ0v) is 11.9. The normalized spacial score (nSPS) is 17.1. The van der Waals surface area contributed by atoms with Gasteiger partial charge in [0.05, 0.1) is 11.3 Å². The van der Waals surface area contributed by atoms with Crippen molar-refractivity contribution >= 4 is 11.7 Å². The van der Waals surface area contributed by atoms with Crippen molar-refractivity contribution in [3.05, 3.63) is 11.3 Å². The summed E-state index contributed by atoms with van der Waals surface area (Å²) in [5.74, 6) is 1.78. The first-order valence-electron chi connectivity index (χ1n) is 6.77. The van der Waals surface area contributed by atoms with Gasteiger partial charge in [-0.25, -0.2) is 0 Å². The van der Waals surface area contributed by atoms with Crippen LogP contribution in [0.1, 0.15) is 36.9 Å². The first-order chi connectivity index (χ1) is 9.04. The third-order valence-electron chi connectivity index (χ3n) is 3.92. The van der Waals surface area contributed by atoms with E-state index in [0.717, 1.165) is 29.5 Å². The molecule has 0 aliphatic heterocycles. The molecule has 0 saturated heterocycles. The molecule has 0 atom stereocenters. The highest BCUT2D eigenvalue weighted by atomic mass is 16.4. The van der Waals surface area contributed by atoms with E-state index in [0.29, 0.717) is 0 Å². The number of nitrogens with zero attached hydrogens (tertiary/aromatic N) is 4. The lowest BCUT2D eigenvalue weighted by atomic mass is 10.1. The third-order valence-corrected chi connectivity index (χ3v) is 3.92. The number of aromatic nitrogens is 2. The summed E-state index contributed by atoms with van der Waals surface area (Å²) in [6, 6.07) is 0. The van der Waals surface area contributed by atoms with E-state index in [9.17, 15) is 0 Å². The fourth-order valence-corrected chi connectivity index (χ4v) is 3.10. The molecule has 1 aromatic heterocycles. The Kier molecular flexibility index (Phi) is 3.97. The molecule has 106 valence electrons. The summed E-state index contributed by atoms with van der Waals surface area (Å²) < 4.78 is 1.80. The highest BCUT2D eigenvalue weighted by molar-refractivity contribution is 6.02. The van der Waals surface area contributed by atoms with Gasteiger partial charge in [0.15, 0.2) is 5.84 Å². The van der Waals surface area contributed by atoms with Crippen LogP contribution in [0.25, 0.3) is 0 Å². The number of hydrogen-bond acceptors (Lipinski definition) is 4. The molecule has 1 heterocycles. The quantitative estimate of drug-likeness (QED) is 0.374. The van der Waals surface area contributed by atoms with Crippen molar-refractivity contribution in [1.29, 1.82) is 0 Å². The first-order valence-corrected chi connectivity index (χ1v) is 6.77. The SMILES string of the molecule is Cc1nn(C)c(N(C)CC2CCCC2)c1C(N)=NO. The highest BCUT2D eigenvalue weighted by Gasteiger charge is 2.23. The number of amidine groups is 1. The van der Waals surface area contributed by atoms with Gasteiger partial charge in [0.25, 0.3) is 0 Å². The van der Waals surface area contributed by atoms with Gasteiger partial charge < -0.3 is 15.8 Å². The third kappa shape index (κ3) is 2.67. The van der Waals surface area contributed by atoms with Crippen molar-refractivity contribution in [2.75, 3.05) is 18.5 Å². The second-order valence-corrected chi connectivity index (χ2v) is 5.42. The minimum Gasteiger partial charge on any atom is -0.409 e. The van der Waals surface area contributed by atoms with E-state index in [1.54, 1.807) is 4.68 Å². The van der Waals surface area contributed by atoms with E-state index in [1.165, 1.54) is 25.7 Å². The zero-order valence-electron chi connectivity index (χ0n) is 11.9. The Morgan fingerprint density at radius 2 is 2.16 bits per heavy atom. The number of aryl methyl sites for hydroxylation is 2. The van der Waals surface area contributed by atoms with Gasteiger partial charge in [0, 0.05) is 20.6 Å². The topological polar surface area (TPSA) is 79.7 Å². The standard InChI is InChI=1S/C13H23N5O/c1-9-11(12(14)16-19)13(18(3)15-9)17(2)8-10-6-4-5-7-10/h10,19H,4-8H2,1-3H3,(H2,14,16). The Morgan fingerprint density at radius 1 is 1.53 bits per heavy atom. The van der Waals surface area contributed by atoms with E-state index in [-0.39, 0.29) is 5.84 Å². The minimum atomic E-state index is 0.124. The molecule has 6 nitrogen and oxygen atoms in total. The molecule has 1 fully saturated rings. The zero-order chi connectivity index (χ0) is 14.0. The van der Waals surface area contributed by atoms with Crippen molar-refractivity contribution in [1.82, 2.24) is 9.78 Å². The highest BCUT2D eigenvalue weighted by Crippen LogP contribution is 2.28. The second kappa shape index (κ2) is 5.50. The minimum absolute atomic E-state index is 0.124. The Balaban J connectivity index is 2.27. The van der Waals surface area contributed by atoms with Crippen molar-refractivity contribution in [2.45, 2.75) is 32.6 Å². The summed E-state index contributed by atoms with van der Waals surface area (Å²) in [5, 5.41) is 16.4. The Labute approximate surface area is 113 Å². The van der Waals surface area contributed by atoms with Crippen molar-refractivity contribution in [3.63, 3.8) is 0 Å². The average molecular weight is 265 g/mol. The molecule has 1 aromatic rings. The fraction of sp³-hybridized carbons (Fsp3) is 0.692. The van der Waals surface area contributed by atoms with Gasteiger partial charge in [-0.3, -0.25) is 4.68 Å². The molecule has 0 radical (unpaired) electrons. The summed E-state index contributed by atoms with van der Waals surface area (Å²) in [7, 11) is 3.94. The summed E-state index contributed by atoms with van der Waals surface area (Å²) >= 11 is 0. The van der Waals surface area contributed by atoms with Crippen LogP contribution in [0.5, 0.6) is 0 Å². The molecule has 0 amide bonds. The van der Waals surface area contributed by atoms with Gasteiger partial charge in [-0.15, -0.1) is 0 Å². The van der Waals surface area contributed by atoms with Gasteiger partial charge in [0.2, 0.25) is 0 Å². The first kappa shape index (κ1) is 13.7. The van der Waals surface area contributed by atoms with Gasteiger partial charge in [-0.2, -0.15) is 5.10 Å². The van der Waals surface area contributed by atoms with Gasteiger partial charge in [-0.05, 0) is 25.7 Å². The maximum absolute atomic E-state index is 8.92. The van der Waals surface area contributed by atoms with Crippen LogP contribution in [-0.2, 0) is 7.05 Å². The van der Waals surface area contributed by atoms with Crippen molar-refractivity contribution in [3.8, 4) is 0 Å². The molecule has 0 spiro atoms. The van der Waals surface area contributed by atoms with E-state index < -0.39 is 0 Å². The molecule has 1 aliphatic rings. The molecule has 0 unspecified atom stereocenters. The van der Waals surface area contributed by atoms with Crippen LogP contribution in [0.15, 0.2) is 5.16 Å². The van der Waals surface area contributed by atoms with Crippen LogP contribution in [-0.4, -0.2) is 34.4 Å². The molecular formula is C13H23N5O. The lowest BCUT2D eigenvalue weighted by Gasteiger charge is -2.24. The van der Waals surface area contributed by atoms with Crippen LogP contribution in [0.2, 0.25) is 0 Å². The number of anilines is 1. The Bertz CT molecular complexity index is 474. The molecule has 19 heavy (non-hydrogen) atoms. The fourth-order valence-electron chi connectivity index (χ4n) is 3.10. The van der Waals surface area contributed by atoms with E-state index in [4.69, 9.17) is 10.9 Å². The Hall–Kier alpha value is -1.72. The van der Waals surface area contributed by atoms with Crippen LogP contribution in [0, 0.1) is 12.8 Å². The molecule has 3 N–H and O–H groups in total. The van der Waals surface area contributed by atoms with Crippen molar-refractivity contribution < 1.29 is 5.21 Å². The molecule has 1 saturated carbocycles. The summed E-state index contributed by atoms with van der Waals surface area (Å²) in [6.07, 6.45) is 5.24. The van der Waals surface area contributed by atoms with Gasteiger partial charge >= 0.3 is 0 Å². The second-order valence-electron chi connectivity index (χ2n) is 5.42. The molecule has 2 rings (SSSR count). The predicted molar refractivity (Wildman–Crippen MR) is 75.7 cm³/mol. The monoisotopic (exact) mass is 265 g/mol. The summed E-state index contributed by atoms with van der Waals surface area (Å²) in [4.78, 5) is 2.17. The molecule has 0 bridgehead atoms. The number of rotatable bonds is 4. The number of hydrogen-bond donors (Lipinski definition) is 2. The van der Waals surface area contributed by atoms with Crippen LogP contribution in [0.4, 0.5) is 5.82 Å². The molecule has 1 aliphatic carbocycles. The molecular weight excluding hydrogens is 242 g/mol. The average Bonchev–Trinajstić information content (AvgIpc) is 2.95. The summed E-state index contributed by atoms with van der Waals surface area (Å²) in [6.45, 7) is 2.87. The summed E-state index contributed by atoms with van der Waals surface area (Å²) in [5.41, 5.74) is 7.29. The van der Waals surface area contributed by atoms with E-state index in [2.05, 4.69) is 15.2 Å². The largest absolute Gasteiger partial charge is 0.409 e. The number of nitrogens with two attached hydrogens (primary N) is 1. The lowest BCUT2D eigenvalue weighted by molar-refractivity contribution is 0.318. The van der Waals surface area contributed by atoms with Crippen LogP contribution in [0.3, 0.4) is 0 Å². The van der Waals surface area contributed by atoms with Crippen molar-refractivity contribution in [2.24, 2.45) is 23.9 Å². The van der Waals surface area contributed by atoms with Gasteiger partial charge in [0.1, 0.15) is 5.82 Å². The predicted octanol–water partition coefficient (Wildman–Crippen LogP) is 1.45. The van der Waals surface area contributed by atoms with Gasteiger partial charge in [-0.1, -0.05) is 18.0 Å². The molecule has 0 aromatic carbocycles. The van der Waals surface area contributed by atoms with E-state index >= 15 is 0 Å². The smallest absolute Gasteiger partial charge is 0.175 e. The maximum atomic E-state index is 8.92. The Morgan fingerprint density at radius 3 is 2.74 bits per heavy atom. The molecule has 6 heteroatoms. The number of oxime groups is 1. The lowest BCUT2D eigenvalue weighted by Crippen LogP contribution is -2.28.